The van der Waals surface area contributed by atoms with E-state index in [1.165, 1.54) is 0 Å². The van der Waals surface area contributed by atoms with Gasteiger partial charge >= 0.3 is 6.09 Å². The van der Waals surface area contributed by atoms with Crippen LogP contribution in [0.3, 0.4) is 0 Å². The van der Waals surface area contributed by atoms with Crippen molar-refractivity contribution in [2.45, 2.75) is 95.4 Å². The lowest BCUT2D eigenvalue weighted by molar-refractivity contribution is -0.154. The summed E-state index contributed by atoms with van der Waals surface area (Å²) in [6.07, 6.45) is 5.06. The number of hydrogen-bond donors (Lipinski definition) is 2. The Balaban J connectivity index is 1.92. The molecule has 0 spiro atoms. The van der Waals surface area contributed by atoms with Gasteiger partial charge in [0.05, 0.1) is 23.1 Å². The topological polar surface area (TPSA) is 88.1 Å². The standard InChI is InChI=1S/C25H37BrN2O5/c1-24(2,3)27-23(30)33-20-10-6-9-15-28(20)22(29)21(25(31)13-7-5-8-14-25)17-11-12-19(32-4)18(26)16-17/h11-12,16,20-21,31H,5-10,13-15H2,1-4H3,(H,27,30). The molecule has 1 saturated carbocycles. The zero-order valence-electron chi connectivity index (χ0n) is 20.2. The van der Waals surface area contributed by atoms with Crippen LogP contribution in [0.15, 0.2) is 22.7 Å². The summed E-state index contributed by atoms with van der Waals surface area (Å²) in [6.45, 7) is 6.15. The maximum absolute atomic E-state index is 14.1. The van der Waals surface area contributed by atoms with E-state index in [1.807, 2.05) is 39.0 Å². The van der Waals surface area contributed by atoms with Gasteiger partial charge in [0.2, 0.25) is 5.91 Å². The second-order valence-corrected chi connectivity index (χ2v) is 11.1. The molecule has 0 radical (unpaired) electrons. The maximum atomic E-state index is 14.1. The second-order valence-electron chi connectivity index (χ2n) is 10.3. The fourth-order valence-electron chi connectivity index (χ4n) is 4.90. The van der Waals surface area contributed by atoms with Crippen LogP contribution in [0.5, 0.6) is 5.75 Å². The number of hydrogen-bond acceptors (Lipinski definition) is 5. The maximum Gasteiger partial charge on any atom is 0.409 e. The summed E-state index contributed by atoms with van der Waals surface area (Å²) < 4.78 is 11.8. The fraction of sp³-hybridized carbons (Fsp3) is 0.680. The van der Waals surface area contributed by atoms with Crippen LogP contribution in [0.25, 0.3) is 0 Å². The predicted molar refractivity (Wildman–Crippen MR) is 130 cm³/mol. The van der Waals surface area contributed by atoms with Crippen molar-refractivity contribution in [2.75, 3.05) is 13.7 Å². The summed E-state index contributed by atoms with van der Waals surface area (Å²) in [5.74, 6) is -0.266. The highest BCUT2D eigenvalue weighted by molar-refractivity contribution is 9.10. The molecule has 184 valence electrons. The summed E-state index contributed by atoms with van der Waals surface area (Å²) in [4.78, 5) is 28.2. The number of rotatable bonds is 5. The molecule has 7 nitrogen and oxygen atoms in total. The Labute approximate surface area is 205 Å². The average Bonchev–Trinajstić information content (AvgIpc) is 2.73. The molecule has 1 aromatic carbocycles. The first-order valence-corrected chi connectivity index (χ1v) is 12.7. The molecule has 1 heterocycles. The van der Waals surface area contributed by atoms with E-state index in [0.717, 1.165) is 42.1 Å². The first kappa shape index (κ1) is 25.8. The Hall–Kier alpha value is -1.80. The van der Waals surface area contributed by atoms with Crippen LogP contribution < -0.4 is 10.1 Å². The number of nitrogens with one attached hydrogen (secondary N) is 1. The number of aliphatic hydroxyl groups is 1. The molecule has 1 aliphatic heterocycles. The van der Waals surface area contributed by atoms with Crippen molar-refractivity contribution in [3.8, 4) is 5.75 Å². The molecule has 2 amide bonds. The lowest BCUT2D eigenvalue weighted by Crippen LogP contribution is -2.54. The van der Waals surface area contributed by atoms with Gasteiger partial charge in [0.1, 0.15) is 5.75 Å². The number of methoxy groups -OCH3 is 1. The van der Waals surface area contributed by atoms with Gasteiger partial charge in [-0.3, -0.25) is 4.79 Å². The Morgan fingerprint density at radius 1 is 1.18 bits per heavy atom. The third-order valence-corrected chi connectivity index (χ3v) is 7.08. The summed E-state index contributed by atoms with van der Waals surface area (Å²) >= 11 is 3.53. The van der Waals surface area contributed by atoms with Gasteiger partial charge in [-0.15, -0.1) is 0 Å². The number of carbonyl (C=O) groups is 2. The summed E-state index contributed by atoms with van der Waals surface area (Å²) in [5.41, 5.74) is -0.838. The second kappa shape index (κ2) is 10.6. The molecule has 1 aromatic rings. The minimum Gasteiger partial charge on any atom is -0.496 e. The SMILES string of the molecule is COc1ccc(C(C(=O)N2CCCCC2OC(=O)NC(C)(C)C)C2(O)CCCCC2)cc1Br. The monoisotopic (exact) mass is 524 g/mol. The number of halogens is 1. The Morgan fingerprint density at radius 2 is 1.88 bits per heavy atom. The Morgan fingerprint density at radius 3 is 2.48 bits per heavy atom. The average molecular weight is 525 g/mol. The van der Waals surface area contributed by atoms with Crippen molar-refractivity contribution >= 4 is 27.9 Å². The van der Waals surface area contributed by atoms with Crippen LogP contribution in [0.4, 0.5) is 4.79 Å². The molecule has 2 unspecified atom stereocenters. The molecule has 2 N–H and O–H groups in total. The molecular weight excluding hydrogens is 488 g/mol. The lowest BCUT2D eigenvalue weighted by Gasteiger charge is -2.43. The van der Waals surface area contributed by atoms with Crippen LogP contribution in [0, 0.1) is 0 Å². The first-order chi connectivity index (χ1) is 15.5. The molecule has 3 rings (SSSR count). The lowest BCUT2D eigenvalue weighted by atomic mass is 9.72. The van der Waals surface area contributed by atoms with Crippen molar-refractivity contribution in [3.05, 3.63) is 28.2 Å². The zero-order chi connectivity index (χ0) is 24.2. The van der Waals surface area contributed by atoms with Crippen LogP contribution in [-0.2, 0) is 9.53 Å². The van der Waals surface area contributed by atoms with Crippen molar-refractivity contribution < 1.29 is 24.2 Å². The Kier molecular flexibility index (Phi) is 8.32. The molecular formula is C25H37BrN2O5. The van der Waals surface area contributed by atoms with Gasteiger partial charge in [0, 0.05) is 18.5 Å². The van der Waals surface area contributed by atoms with Gasteiger partial charge in [-0.05, 0) is 80.1 Å². The molecule has 1 saturated heterocycles. The van der Waals surface area contributed by atoms with Gasteiger partial charge in [-0.2, -0.15) is 0 Å². The highest BCUT2D eigenvalue weighted by Crippen LogP contribution is 2.43. The number of amides is 2. The van der Waals surface area contributed by atoms with Crippen molar-refractivity contribution in [3.63, 3.8) is 0 Å². The van der Waals surface area contributed by atoms with E-state index in [0.29, 0.717) is 31.6 Å². The Bertz CT molecular complexity index is 848. The van der Waals surface area contributed by atoms with Crippen molar-refractivity contribution in [1.29, 1.82) is 0 Å². The number of ether oxygens (including phenoxy) is 2. The van der Waals surface area contributed by atoms with Crippen LogP contribution in [-0.4, -0.2) is 53.0 Å². The normalized spacial score (nSPS) is 21.8. The molecule has 1 aliphatic carbocycles. The first-order valence-electron chi connectivity index (χ1n) is 11.9. The van der Waals surface area contributed by atoms with Gasteiger partial charge in [-0.25, -0.2) is 4.79 Å². The molecule has 33 heavy (non-hydrogen) atoms. The number of carbonyl (C=O) groups excluding carboxylic acids is 2. The van der Waals surface area contributed by atoms with Crippen molar-refractivity contribution in [2.24, 2.45) is 0 Å². The molecule has 2 aliphatic rings. The van der Waals surface area contributed by atoms with E-state index in [9.17, 15) is 14.7 Å². The molecule has 8 heteroatoms. The number of likely N-dealkylation sites (tertiary alicyclic amines) is 1. The summed E-state index contributed by atoms with van der Waals surface area (Å²) in [6, 6.07) is 5.53. The molecule has 2 fully saturated rings. The minimum absolute atomic E-state index is 0.190. The van der Waals surface area contributed by atoms with Gasteiger partial charge in [0.15, 0.2) is 6.23 Å². The van der Waals surface area contributed by atoms with E-state index in [-0.39, 0.29) is 5.91 Å². The number of benzene rings is 1. The van der Waals surface area contributed by atoms with E-state index in [2.05, 4.69) is 21.2 Å². The minimum atomic E-state index is -1.14. The predicted octanol–water partition coefficient (Wildman–Crippen LogP) is 5.10. The molecule has 2 atom stereocenters. The van der Waals surface area contributed by atoms with E-state index < -0.39 is 29.4 Å². The smallest absolute Gasteiger partial charge is 0.409 e. The number of alkyl carbamates (subject to hydrolysis) is 1. The number of piperidine rings is 1. The number of nitrogens with zero attached hydrogens (tertiary/aromatic N) is 1. The fourth-order valence-corrected chi connectivity index (χ4v) is 5.46. The highest BCUT2D eigenvalue weighted by Gasteiger charge is 2.46. The van der Waals surface area contributed by atoms with E-state index in [1.54, 1.807) is 12.0 Å². The highest BCUT2D eigenvalue weighted by atomic mass is 79.9. The van der Waals surface area contributed by atoms with Crippen molar-refractivity contribution in [1.82, 2.24) is 10.2 Å². The van der Waals surface area contributed by atoms with E-state index in [4.69, 9.17) is 9.47 Å². The van der Waals surface area contributed by atoms with Gasteiger partial charge in [-0.1, -0.05) is 25.3 Å². The molecule has 0 bridgehead atoms. The summed E-state index contributed by atoms with van der Waals surface area (Å²) in [7, 11) is 1.59. The van der Waals surface area contributed by atoms with Crippen LogP contribution in [0.1, 0.15) is 83.6 Å². The van der Waals surface area contributed by atoms with Crippen LogP contribution >= 0.6 is 15.9 Å². The van der Waals surface area contributed by atoms with E-state index >= 15 is 0 Å². The third kappa shape index (κ3) is 6.41. The third-order valence-electron chi connectivity index (χ3n) is 6.46. The summed E-state index contributed by atoms with van der Waals surface area (Å²) in [5, 5.41) is 14.5. The van der Waals surface area contributed by atoms with Gasteiger partial charge in [0.25, 0.3) is 0 Å². The largest absolute Gasteiger partial charge is 0.496 e. The molecule has 0 aromatic heterocycles. The van der Waals surface area contributed by atoms with Gasteiger partial charge < -0.3 is 24.8 Å². The van der Waals surface area contributed by atoms with Crippen LogP contribution in [0.2, 0.25) is 0 Å². The zero-order valence-corrected chi connectivity index (χ0v) is 21.7. The quantitative estimate of drug-likeness (QED) is 0.559.